The SMILES string of the molecule is C=CCO[C@@H]1O[C@@H](C)[C@@H](O)[C@@H](O[C@@H]2O[C@H](CO)[C@H](O)[C@H](O)[C@H]2O)[C@@H]1O. The van der Waals surface area contributed by atoms with Gasteiger partial charge >= 0.3 is 0 Å². The Morgan fingerprint density at radius 2 is 1.60 bits per heavy atom. The van der Waals surface area contributed by atoms with E-state index < -0.39 is 68.0 Å². The van der Waals surface area contributed by atoms with E-state index in [1.807, 2.05) is 0 Å². The average Bonchev–Trinajstić information content (AvgIpc) is 2.60. The molecule has 2 aliphatic rings. The van der Waals surface area contributed by atoms with Crippen molar-refractivity contribution >= 4 is 0 Å². The zero-order valence-corrected chi connectivity index (χ0v) is 13.8. The maximum absolute atomic E-state index is 10.3. The predicted molar refractivity (Wildman–Crippen MR) is 81.1 cm³/mol. The van der Waals surface area contributed by atoms with Crippen LogP contribution in [0.5, 0.6) is 0 Å². The molecule has 146 valence electrons. The van der Waals surface area contributed by atoms with E-state index in [2.05, 4.69) is 6.58 Å². The molecule has 0 unspecified atom stereocenters. The summed E-state index contributed by atoms with van der Waals surface area (Å²) in [6.07, 6.45) is -11.8. The largest absolute Gasteiger partial charge is 0.394 e. The maximum atomic E-state index is 10.3. The summed E-state index contributed by atoms with van der Waals surface area (Å²) >= 11 is 0. The maximum Gasteiger partial charge on any atom is 0.187 e. The van der Waals surface area contributed by atoms with E-state index in [1.165, 1.54) is 6.08 Å². The molecule has 2 rings (SSSR count). The average molecular weight is 366 g/mol. The van der Waals surface area contributed by atoms with Crippen molar-refractivity contribution in [2.75, 3.05) is 13.2 Å². The zero-order chi connectivity index (χ0) is 18.7. The summed E-state index contributed by atoms with van der Waals surface area (Å²) < 4.78 is 21.3. The van der Waals surface area contributed by atoms with E-state index in [4.69, 9.17) is 18.9 Å². The zero-order valence-electron chi connectivity index (χ0n) is 13.8. The molecule has 0 amide bonds. The molecule has 0 aromatic heterocycles. The Hall–Kier alpha value is -0.660. The Morgan fingerprint density at radius 3 is 2.20 bits per heavy atom. The van der Waals surface area contributed by atoms with Crippen LogP contribution < -0.4 is 0 Å². The van der Waals surface area contributed by atoms with E-state index in [-0.39, 0.29) is 6.61 Å². The van der Waals surface area contributed by atoms with Crippen LogP contribution in [-0.2, 0) is 18.9 Å². The highest BCUT2D eigenvalue weighted by Gasteiger charge is 2.50. The van der Waals surface area contributed by atoms with Crippen molar-refractivity contribution in [3.8, 4) is 0 Å². The molecule has 2 heterocycles. The van der Waals surface area contributed by atoms with Crippen molar-refractivity contribution in [1.29, 1.82) is 0 Å². The van der Waals surface area contributed by atoms with Crippen LogP contribution in [0.1, 0.15) is 6.92 Å². The molecule has 0 spiro atoms. The summed E-state index contributed by atoms with van der Waals surface area (Å²) in [7, 11) is 0. The Balaban J connectivity index is 2.10. The molecule has 2 fully saturated rings. The summed E-state index contributed by atoms with van der Waals surface area (Å²) in [5, 5.41) is 59.3. The molecule has 0 radical (unpaired) electrons. The third-order valence-electron chi connectivity index (χ3n) is 4.30. The first-order valence-electron chi connectivity index (χ1n) is 8.01. The van der Waals surface area contributed by atoms with Crippen LogP contribution in [0, 0.1) is 0 Å². The minimum atomic E-state index is -1.65. The molecule has 2 aliphatic heterocycles. The molecular weight excluding hydrogens is 340 g/mol. The van der Waals surface area contributed by atoms with Crippen LogP contribution in [0.3, 0.4) is 0 Å². The first kappa shape index (κ1) is 20.6. The van der Waals surface area contributed by atoms with Gasteiger partial charge in [-0.3, -0.25) is 0 Å². The first-order valence-corrected chi connectivity index (χ1v) is 8.01. The molecule has 0 aromatic carbocycles. The van der Waals surface area contributed by atoms with E-state index in [0.717, 1.165) is 0 Å². The lowest BCUT2D eigenvalue weighted by Crippen LogP contribution is -2.64. The summed E-state index contributed by atoms with van der Waals surface area (Å²) in [5.74, 6) is 0. The van der Waals surface area contributed by atoms with Gasteiger partial charge in [0.05, 0.1) is 19.3 Å². The Morgan fingerprint density at radius 1 is 0.920 bits per heavy atom. The number of ether oxygens (including phenoxy) is 4. The summed E-state index contributed by atoms with van der Waals surface area (Å²) in [4.78, 5) is 0. The van der Waals surface area contributed by atoms with Gasteiger partial charge in [0.15, 0.2) is 12.6 Å². The lowest BCUT2D eigenvalue weighted by molar-refractivity contribution is -0.356. The summed E-state index contributed by atoms with van der Waals surface area (Å²) in [6, 6.07) is 0. The van der Waals surface area contributed by atoms with Crippen LogP contribution in [0.4, 0.5) is 0 Å². The van der Waals surface area contributed by atoms with Gasteiger partial charge in [0, 0.05) is 0 Å². The van der Waals surface area contributed by atoms with Gasteiger partial charge in [-0.2, -0.15) is 0 Å². The number of hydrogen-bond donors (Lipinski definition) is 6. The smallest absolute Gasteiger partial charge is 0.187 e. The number of hydrogen-bond acceptors (Lipinski definition) is 10. The fourth-order valence-corrected chi connectivity index (χ4v) is 2.79. The van der Waals surface area contributed by atoms with Gasteiger partial charge in [-0.15, -0.1) is 6.58 Å². The Bertz CT molecular complexity index is 433. The molecule has 6 N–H and O–H groups in total. The molecule has 2 saturated heterocycles. The van der Waals surface area contributed by atoms with Crippen LogP contribution in [0.25, 0.3) is 0 Å². The summed E-state index contributed by atoms with van der Waals surface area (Å²) in [5.41, 5.74) is 0. The van der Waals surface area contributed by atoms with Crippen LogP contribution in [-0.4, -0.2) is 105 Å². The van der Waals surface area contributed by atoms with Crippen LogP contribution in [0.15, 0.2) is 12.7 Å². The molecule has 25 heavy (non-hydrogen) atoms. The quantitative estimate of drug-likeness (QED) is 0.265. The van der Waals surface area contributed by atoms with Crippen molar-refractivity contribution in [1.82, 2.24) is 0 Å². The summed E-state index contributed by atoms with van der Waals surface area (Å²) in [6.45, 7) is 4.51. The lowest BCUT2D eigenvalue weighted by atomic mass is 9.97. The predicted octanol–water partition coefficient (Wildman–Crippen LogP) is -3.16. The molecule has 0 aromatic rings. The van der Waals surface area contributed by atoms with Gasteiger partial charge < -0.3 is 49.6 Å². The highest BCUT2D eigenvalue weighted by Crippen LogP contribution is 2.29. The fraction of sp³-hybridized carbons (Fsp3) is 0.867. The van der Waals surface area contributed by atoms with Gasteiger partial charge in [-0.1, -0.05) is 6.08 Å². The van der Waals surface area contributed by atoms with Gasteiger partial charge in [0.1, 0.15) is 42.7 Å². The van der Waals surface area contributed by atoms with Gasteiger partial charge in [-0.05, 0) is 6.92 Å². The second kappa shape index (κ2) is 8.82. The van der Waals surface area contributed by atoms with Crippen molar-refractivity contribution in [3.05, 3.63) is 12.7 Å². The molecule has 0 saturated carbocycles. The Labute approximate surface area is 144 Å². The fourth-order valence-electron chi connectivity index (χ4n) is 2.79. The van der Waals surface area contributed by atoms with E-state index in [1.54, 1.807) is 6.92 Å². The van der Waals surface area contributed by atoms with Gasteiger partial charge in [-0.25, -0.2) is 0 Å². The van der Waals surface area contributed by atoms with E-state index in [0.29, 0.717) is 0 Å². The van der Waals surface area contributed by atoms with Crippen LogP contribution >= 0.6 is 0 Å². The topological polar surface area (TPSA) is 158 Å². The third-order valence-corrected chi connectivity index (χ3v) is 4.30. The molecule has 10 nitrogen and oxygen atoms in total. The van der Waals surface area contributed by atoms with Crippen molar-refractivity contribution < 1.29 is 49.6 Å². The first-order chi connectivity index (χ1) is 11.8. The van der Waals surface area contributed by atoms with Crippen LogP contribution in [0.2, 0.25) is 0 Å². The normalized spacial score (nSPS) is 48.3. The standard InChI is InChI=1S/C15H26O10/c1-3-4-22-14-12(21)13(8(17)6(2)23-14)25-15-11(20)10(19)9(18)7(5-16)24-15/h3,6-21H,1,4-5H2,2H3/t6-,7+,8+,9-,10-,11+,12-,13+,14+,15-/m0/s1. The lowest BCUT2D eigenvalue weighted by Gasteiger charge is -2.45. The molecule has 0 aliphatic carbocycles. The van der Waals surface area contributed by atoms with Crippen molar-refractivity contribution in [2.24, 2.45) is 0 Å². The second-order valence-electron chi connectivity index (χ2n) is 6.11. The minimum absolute atomic E-state index is 0.0946. The number of rotatable bonds is 6. The monoisotopic (exact) mass is 366 g/mol. The highest BCUT2D eigenvalue weighted by molar-refractivity contribution is 4.93. The van der Waals surface area contributed by atoms with E-state index >= 15 is 0 Å². The number of aliphatic hydroxyl groups excluding tert-OH is 6. The van der Waals surface area contributed by atoms with Crippen molar-refractivity contribution in [2.45, 2.75) is 68.3 Å². The Kier molecular flexibility index (Phi) is 7.29. The molecule has 10 heteroatoms. The second-order valence-corrected chi connectivity index (χ2v) is 6.11. The molecule has 10 atom stereocenters. The third kappa shape index (κ3) is 4.37. The van der Waals surface area contributed by atoms with E-state index in [9.17, 15) is 30.6 Å². The number of aliphatic hydroxyl groups is 6. The molecule has 0 bridgehead atoms. The van der Waals surface area contributed by atoms with Crippen molar-refractivity contribution in [3.63, 3.8) is 0 Å². The highest BCUT2D eigenvalue weighted by atomic mass is 16.7. The molecular formula is C15H26O10. The minimum Gasteiger partial charge on any atom is -0.394 e. The van der Waals surface area contributed by atoms with Gasteiger partial charge in [0.25, 0.3) is 0 Å². The van der Waals surface area contributed by atoms with Gasteiger partial charge in [0.2, 0.25) is 0 Å².